The van der Waals surface area contributed by atoms with Crippen LogP contribution in [0.25, 0.3) is 0 Å². The maximum absolute atomic E-state index is 14.2. The van der Waals surface area contributed by atoms with Crippen LogP contribution in [-0.4, -0.2) is 18.1 Å². The predicted molar refractivity (Wildman–Crippen MR) is 117 cm³/mol. The first kappa shape index (κ1) is 21.0. The molecule has 5 heteroatoms. The molecule has 4 nitrogen and oxygen atoms in total. The molecule has 4 rings (SSSR count). The zero-order chi connectivity index (χ0) is 21.8. The highest BCUT2D eigenvalue weighted by atomic mass is 19.1. The Hall–Kier alpha value is -3.21. The Labute approximate surface area is 182 Å². The van der Waals surface area contributed by atoms with Crippen LogP contribution in [0.1, 0.15) is 57.8 Å². The summed E-state index contributed by atoms with van der Waals surface area (Å²) in [6, 6.07) is 12.7. The van der Waals surface area contributed by atoms with E-state index in [4.69, 9.17) is 9.47 Å². The van der Waals surface area contributed by atoms with Crippen molar-refractivity contribution in [2.75, 3.05) is 7.11 Å². The van der Waals surface area contributed by atoms with Crippen molar-refractivity contribution in [2.45, 2.75) is 44.9 Å². The summed E-state index contributed by atoms with van der Waals surface area (Å²) in [5.41, 5.74) is 4.92. The SMILES string of the molecule is COC(=O)c1ccncc1CC[C@H]1CCCc2cc(Oc3ccc(C)cc3F)ccc21. The van der Waals surface area contributed by atoms with Gasteiger partial charge in [0.1, 0.15) is 5.75 Å². The number of carbonyl (C=O) groups is 1. The van der Waals surface area contributed by atoms with Gasteiger partial charge in [-0.15, -0.1) is 0 Å². The lowest BCUT2D eigenvalue weighted by atomic mass is 9.79. The molecule has 0 N–H and O–H groups in total. The second kappa shape index (κ2) is 9.29. The maximum atomic E-state index is 14.2. The number of fused-ring (bicyclic) bond motifs is 1. The quantitative estimate of drug-likeness (QED) is 0.449. The van der Waals surface area contributed by atoms with Crippen LogP contribution in [0.5, 0.6) is 11.5 Å². The Kier molecular flexibility index (Phi) is 6.31. The second-order valence-electron chi connectivity index (χ2n) is 8.05. The number of aromatic nitrogens is 1. The largest absolute Gasteiger partial charge is 0.465 e. The number of esters is 1. The molecule has 3 aromatic rings. The molecule has 0 saturated heterocycles. The van der Waals surface area contributed by atoms with E-state index in [-0.39, 0.29) is 17.5 Å². The average molecular weight is 419 g/mol. The van der Waals surface area contributed by atoms with Crippen LogP contribution >= 0.6 is 0 Å². The highest BCUT2D eigenvalue weighted by Crippen LogP contribution is 2.37. The molecule has 1 heterocycles. The number of nitrogens with zero attached hydrogens (tertiary/aromatic N) is 1. The second-order valence-corrected chi connectivity index (χ2v) is 8.05. The lowest BCUT2D eigenvalue weighted by molar-refractivity contribution is 0.0599. The van der Waals surface area contributed by atoms with Crippen molar-refractivity contribution < 1.29 is 18.7 Å². The van der Waals surface area contributed by atoms with Crippen molar-refractivity contribution in [1.82, 2.24) is 4.98 Å². The first-order chi connectivity index (χ1) is 15.0. The number of pyridine rings is 1. The number of rotatable bonds is 6. The fourth-order valence-corrected chi connectivity index (χ4v) is 4.34. The van der Waals surface area contributed by atoms with Gasteiger partial charge in [0.2, 0.25) is 0 Å². The summed E-state index contributed by atoms with van der Waals surface area (Å²) in [6.07, 6.45) is 8.24. The Morgan fingerprint density at radius 2 is 2.06 bits per heavy atom. The van der Waals surface area contributed by atoms with Crippen LogP contribution in [0.15, 0.2) is 54.9 Å². The van der Waals surface area contributed by atoms with E-state index in [1.54, 1.807) is 24.5 Å². The lowest BCUT2D eigenvalue weighted by Gasteiger charge is -2.26. The summed E-state index contributed by atoms with van der Waals surface area (Å²) in [7, 11) is 1.39. The van der Waals surface area contributed by atoms with Crippen molar-refractivity contribution in [1.29, 1.82) is 0 Å². The van der Waals surface area contributed by atoms with E-state index in [0.717, 1.165) is 43.2 Å². The van der Waals surface area contributed by atoms with E-state index in [1.165, 1.54) is 24.3 Å². The molecule has 0 amide bonds. The molecule has 0 fully saturated rings. The molecule has 1 aliphatic carbocycles. The number of benzene rings is 2. The molecular formula is C26H26FNO3. The van der Waals surface area contributed by atoms with E-state index in [0.29, 0.717) is 17.2 Å². The first-order valence-corrected chi connectivity index (χ1v) is 10.6. The third kappa shape index (κ3) is 4.76. The minimum atomic E-state index is -0.353. The van der Waals surface area contributed by atoms with Gasteiger partial charge in [0.05, 0.1) is 12.7 Å². The zero-order valence-corrected chi connectivity index (χ0v) is 17.9. The number of carbonyl (C=O) groups excluding carboxylic acids is 1. The molecular weight excluding hydrogens is 393 g/mol. The van der Waals surface area contributed by atoms with Gasteiger partial charge in [0.25, 0.3) is 0 Å². The molecule has 1 aromatic heterocycles. The van der Waals surface area contributed by atoms with Crippen molar-refractivity contribution in [3.63, 3.8) is 0 Å². The minimum Gasteiger partial charge on any atom is -0.465 e. The summed E-state index contributed by atoms with van der Waals surface area (Å²) in [5.74, 6) is 0.617. The normalized spacial score (nSPS) is 15.3. The Morgan fingerprint density at radius 1 is 1.19 bits per heavy atom. The molecule has 0 aliphatic heterocycles. The topological polar surface area (TPSA) is 48.4 Å². The molecule has 31 heavy (non-hydrogen) atoms. The fraction of sp³-hybridized carbons (Fsp3) is 0.308. The number of aryl methyl sites for hydroxylation is 3. The first-order valence-electron chi connectivity index (χ1n) is 10.6. The summed E-state index contributed by atoms with van der Waals surface area (Å²) in [6.45, 7) is 1.85. The smallest absolute Gasteiger partial charge is 0.338 e. The van der Waals surface area contributed by atoms with Gasteiger partial charge in [-0.2, -0.15) is 0 Å². The molecule has 0 saturated carbocycles. The van der Waals surface area contributed by atoms with E-state index >= 15 is 0 Å². The van der Waals surface area contributed by atoms with Gasteiger partial charge in [-0.3, -0.25) is 4.98 Å². The van der Waals surface area contributed by atoms with Crippen LogP contribution in [0.2, 0.25) is 0 Å². The van der Waals surface area contributed by atoms with E-state index in [9.17, 15) is 9.18 Å². The Bertz CT molecular complexity index is 1100. The molecule has 0 unspecified atom stereocenters. The van der Waals surface area contributed by atoms with Gasteiger partial charge >= 0.3 is 5.97 Å². The van der Waals surface area contributed by atoms with Crippen molar-refractivity contribution >= 4 is 5.97 Å². The van der Waals surface area contributed by atoms with Gasteiger partial charge in [-0.1, -0.05) is 12.1 Å². The molecule has 1 atom stereocenters. The highest BCUT2D eigenvalue weighted by Gasteiger charge is 2.22. The lowest BCUT2D eigenvalue weighted by Crippen LogP contribution is -2.12. The third-order valence-corrected chi connectivity index (χ3v) is 5.94. The van der Waals surface area contributed by atoms with Crippen LogP contribution in [0.3, 0.4) is 0 Å². The Morgan fingerprint density at radius 3 is 2.87 bits per heavy atom. The number of hydrogen-bond donors (Lipinski definition) is 0. The molecule has 0 bridgehead atoms. The van der Waals surface area contributed by atoms with Gasteiger partial charge in [-0.25, -0.2) is 9.18 Å². The van der Waals surface area contributed by atoms with Gasteiger partial charge in [0, 0.05) is 12.4 Å². The predicted octanol–water partition coefficient (Wildman–Crippen LogP) is 6.16. The van der Waals surface area contributed by atoms with Crippen LogP contribution in [0, 0.1) is 12.7 Å². The fourth-order valence-electron chi connectivity index (χ4n) is 4.34. The van der Waals surface area contributed by atoms with Crippen LogP contribution in [0.4, 0.5) is 4.39 Å². The van der Waals surface area contributed by atoms with Gasteiger partial charge in [0.15, 0.2) is 11.6 Å². The number of halogens is 1. The minimum absolute atomic E-state index is 0.241. The van der Waals surface area contributed by atoms with E-state index in [1.807, 2.05) is 25.1 Å². The van der Waals surface area contributed by atoms with Crippen molar-refractivity contribution in [3.8, 4) is 11.5 Å². The monoisotopic (exact) mass is 419 g/mol. The molecule has 160 valence electrons. The number of methoxy groups -OCH3 is 1. The van der Waals surface area contributed by atoms with E-state index < -0.39 is 0 Å². The van der Waals surface area contributed by atoms with Crippen molar-refractivity contribution in [3.05, 3.63) is 88.5 Å². The van der Waals surface area contributed by atoms with Gasteiger partial charge in [-0.05, 0) is 97.5 Å². The Balaban J connectivity index is 1.49. The zero-order valence-electron chi connectivity index (χ0n) is 17.9. The summed E-state index contributed by atoms with van der Waals surface area (Å²) < 4.78 is 24.9. The van der Waals surface area contributed by atoms with Gasteiger partial charge < -0.3 is 9.47 Å². The average Bonchev–Trinajstić information content (AvgIpc) is 2.79. The highest BCUT2D eigenvalue weighted by molar-refractivity contribution is 5.90. The molecule has 1 aliphatic rings. The van der Waals surface area contributed by atoms with Crippen molar-refractivity contribution in [2.24, 2.45) is 0 Å². The number of ether oxygens (including phenoxy) is 2. The maximum Gasteiger partial charge on any atom is 0.338 e. The molecule has 2 aromatic carbocycles. The molecule has 0 radical (unpaired) electrons. The van der Waals surface area contributed by atoms with Crippen LogP contribution < -0.4 is 4.74 Å². The van der Waals surface area contributed by atoms with E-state index in [2.05, 4.69) is 11.1 Å². The summed E-state index contributed by atoms with van der Waals surface area (Å²) >= 11 is 0. The summed E-state index contributed by atoms with van der Waals surface area (Å²) in [5, 5.41) is 0. The third-order valence-electron chi connectivity index (χ3n) is 5.94. The molecule has 0 spiro atoms. The summed E-state index contributed by atoms with van der Waals surface area (Å²) in [4.78, 5) is 16.2. The van der Waals surface area contributed by atoms with Crippen LogP contribution in [-0.2, 0) is 17.6 Å². The standard InChI is InChI=1S/C26H26FNO3/c1-17-6-11-25(24(27)14-17)31-21-9-10-22-18(4-3-5-19(22)15-21)7-8-20-16-28-13-12-23(20)26(29)30-2/h6,9-16,18H,3-5,7-8H2,1-2H3/t18-/m1/s1. The number of hydrogen-bond acceptors (Lipinski definition) is 4.